The first-order chi connectivity index (χ1) is 16.3. The molecule has 0 bridgehead atoms. The second kappa shape index (κ2) is 12.0. The summed E-state index contributed by atoms with van der Waals surface area (Å²) in [5.74, 6) is 0. The molecule has 0 saturated carbocycles. The lowest BCUT2D eigenvalue weighted by molar-refractivity contribution is 1.02. The highest BCUT2D eigenvalue weighted by Gasteiger charge is 2.06. The van der Waals surface area contributed by atoms with Gasteiger partial charge in [0.15, 0.2) is 10.2 Å². The molecule has 0 aliphatic carbocycles. The topological polar surface area (TPSA) is 85.7 Å². The molecule has 7 nitrogen and oxygen atoms in total. The number of pyridine rings is 1. The van der Waals surface area contributed by atoms with Gasteiger partial charge in [-0.2, -0.15) is 10.2 Å². The molecule has 0 radical (unpaired) electrons. The van der Waals surface area contributed by atoms with Gasteiger partial charge in [-0.25, -0.2) is 4.98 Å². The van der Waals surface area contributed by atoms with Gasteiger partial charge < -0.3 is 10.6 Å². The molecule has 0 fully saturated rings. The molecule has 0 saturated heterocycles. The molecule has 0 spiro atoms. The molecule has 0 atom stereocenters. The summed E-state index contributed by atoms with van der Waals surface area (Å²) in [6, 6.07) is 21.6. The minimum absolute atomic E-state index is 0.401. The molecule has 4 N–H and O–H groups in total. The van der Waals surface area contributed by atoms with E-state index in [9.17, 15) is 0 Å². The van der Waals surface area contributed by atoms with Gasteiger partial charge in [-0.1, -0.05) is 30.3 Å². The van der Waals surface area contributed by atoms with Crippen molar-refractivity contribution in [3.63, 3.8) is 0 Å². The molecule has 174 valence electrons. The van der Waals surface area contributed by atoms with Gasteiger partial charge in [0, 0.05) is 11.4 Å². The number of benzene rings is 2. The Labute approximate surface area is 210 Å². The lowest BCUT2D eigenvalue weighted by Crippen LogP contribution is -2.25. The number of hydrazone groups is 2. The van der Waals surface area contributed by atoms with Crippen LogP contribution >= 0.6 is 24.4 Å². The van der Waals surface area contributed by atoms with Gasteiger partial charge in [0.2, 0.25) is 0 Å². The van der Waals surface area contributed by atoms with Crippen molar-refractivity contribution in [2.24, 2.45) is 10.2 Å². The monoisotopic (exact) mass is 489 g/mol. The molecular formula is C25H27N7S2. The van der Waals surface area contributed by atoms with E-state index < -0.39 is 0 Å². The summed E-state index contributed by atoms with van der Waals surface area (Å²) >= 11 is 10.7. The highest BCUT2D eigenvalue weighted by Crippen LogP contribution is 2.10. The van der Waals surface area contributed by atoms with Crippen LogP contribution in [0, 0.1) is 13.8 Å². The van der Waals surface area contributed by atoms with E-state index in [0.29, 0.717) is 33.0 Å². The summed E-state index contributed by atoms with van der Waals surface area (Å²) in [6.07, 6.45) is 0. The molecule has 3 rings (SSSR count). The number of rotatable bonds is 6. The molecule has 0 aliphatic heterocycles. The third-order valence-corrected chi connectivity index (χ3v) is 5.08. The van der Waals surface area contributed by atoms with Gasteiger partial charge in [-0.3, -0.25) is 10.9 Å². The smallest absolute Gasteiger partial charge is 0.191 e. The minimum Gasteiger partial charge on any atom is -0.331 e. The molecule has 3 aromatic rings. The van der Waals surface area contributed by atoms with E-state index in [4.69, 9.17) is 24.4 Å². The van der Waals surface area contributed by atoms with Gasteiger partial charge in [0.1, 0.15) is 0 Å². The second-order valence-corrected chi connectivity index (χ2v) is 8.49. The van der Waals surface area contributed by atoms with E-state index in [1.165, 1.54) is 0 Å². The van der Waals surface area contributed by atoms with Crippen LogP contribution in [0.25, 0.3) is 0 Å². The van der Waals surface area contributed by atoms with Crippen LogP contribution < -0.4 is 21.5 Å². The Morgan fingerprint density at radius 3 is 1.50 bits per heavy atom. The van der Waals surface area contributed by atoms with Gasteiger partial charge in [-0.05, 0) is 99.7 Å². The zero-order chi connectivity index (χ0) is 24.5. The lowest BCUT2D eigenvalue weighted by Gasteiger charge is -2.10. The van der Waals surface area contributed by atoms with Crippen LogP contribution in [-0.2, 0) is 0 Å². The molecule has 0 unspecified atom stereocenters. The Kier molecular flexibility index (Phi) is 8.78. The third kappa shape index (κ3) is 7.72. The number of aryl methyl sites for hydroxylation is 2. The molecule has 0 aliphatic rings. The highest BCUT2D eigenvalue weighted by molar-refractivity contribution is 7.80. The normalized spacial score (nSPS) is 11.5. The zero-order valence-corrected chi connectivity index (χ0v) is 21.1. The average molecular weight is 490 g/mol. The summed E-state index contributed by atoms with van der Waals surface area (Å²) in [4.78, 5) is 4.65. The first-order valence-electron chi connectivity index (χ1n) is 10.6. The maximum atomic E-state index is 5.33. The molecule has 2 aromatic carbocycles. The van der Waals surface area contributed by atoms with Crippen molar-refractivity contribution in [2.75, 3.05) is 10.6 Å². The van der Waals surface area contributed by atoms with Crippen LogP contribution in [0.15, 0.2) is 76.9 Å². The predicted octanol–water partition coefficient (Wildman–Crippen LogP) is 5.12. The fraction of sp³-hybridized carbons (Fsp3) is 0.160. The van der Waals surface area contributed by atoms with Crippen LogP contribution in [0.1, 0.15) is 36.4 Å². The van der Waals surface area contributed by atoms with E-state index in [0.717, 1.165) is 22.5 Å². The van der Waals surface area contributed by atoms with Crippen molar-refractivity contribution in [3.8, 4) is 0 Å². The molecule has 1 heterocycles. The molecule has 9 heteroatoms. The standard InChI is InChI=1S/C25H27N7S2/c1-16-8-5-10-20(14-16)26-24(33)31-29-18(3)22-12-7-13-23(28-22)19(4)30-32-25(34)27-21-11-6-9-17(2)15-21/h5-15H,1-4H3,(H2,26,31,33)(H2,27,32,34)/b29-18-,30-19-. The Morgan fingerprint density at radius 1 is 0.676 bits per heavy atom. The molecule has 0 amide bonds. The van der Waals surface area contributed by atoms with Crippen molar-refractivity contribution in [3.05, 3.63) is 89.2 Å². The van der Waals surface area contributed by atoms with E-state index in [1.54, 1.807) is 0 Å². The summed E-state index contributed by atoms with van der Waals surface area (Å²) in [5, 5.41) is 15.7. The highest BCUT2D eigenvalue weighted by atomic mass is 32.1. The van der Waals surface area contributed by atoms with Crippen LogP contribution in [0.3, 0.4) is 0 Å². The molecule has 34 heavy (non-hydrogen) atoms. The van der Waals surface area contributed by atoms with E-state index in [1.807, 2.05) is 94.4 Å². The number of anilines is 2. The van der Waals surface area contributed by atoms with Crippen LogP contribution in [0.4, 0.5) is 11.4 Å². The summed E-state index contributed by atoms with van der Waals surface area (Å²) in [7, 11) is 0. The summed E-state index contributed by atoms with van der Waals surface area (Å²) in [6.45, 7) is 7.77. The van der Waals surface area contributed by atoms with Crippen LogP contribution in [-0.4, -0.2) is 26.6 Å². The Hall–Kier alpha value is -3.69. The summed E-state index contributed by atoms with van der Waals surface area (Å²) in [5.41, 5.74) is 12.6. The molecule has 1 aromatic heterocycles. The Morgan fingerprint density at radius 2 is 1.09 bits per heavy atom. The van der Waals surface area contributed by atoms with Gasteiger partial charge in [-0.15, -0.1) is 0 Å². The van der Waals surface area contributed by atoms with Crippen molar-refractivity contribution >= 4 is 57.5 Å². The van der Waals surface area contributed by atoms with Gasteiger partial charge >= 0.3 is 0 Å². The number of aromatic nitrogens is 1. The Bertz CT molecular complexity index is 1160. The number of thiocarbonyl (C=S) groups is 2. The van der Waals surface area contributed by atoms with E-state index in [2.05, 4.69) is 36.7 Å². The quantitative estimate of drug-likeness (QED) is 0.217. The first-order valence-corrected chi connectivity index (χ1v) is 11.5. The van der Waals surface area contributed by atoms with Crippen molar-refractivity contribution in [2.45, 2.75) is 27.7 Å². The zero-order valence-electron chi connectivity index (χ0n) is 19.5. The van der Waals surface area contributed by atoms with Crippen molar-refractivity contribution in [1.82, 2.24) is 15.8 Å². The summed E-state index contributed by atoms with van der Waals surface area (Å²) < 4.78 is 0. The third-order valence-electron chi connectivity index (χ3n) is 4.69. The molecular weight excluding hydrogens is 462 g/mol. The average Bonchev–Trinajstić information content (AvgIpc) is 2.81. The van der Waals surface area contributed by atoms with Crippen LogP contribution in [0.5, 0.6) is 0 Å². The predicted molar refractivity (Wildman–Crippen MR) is 150 cm³/mol. The second-order valence-electron chi connectivity index (χ2n) is 7.67. The maximum Gasteiger partial charge on any atom is 0.191 e. The SMILES string of the molecule is C/C(=N/NC(=S)Nc1cccc(C)c1)c1cccc(/C(C)=N\NC(=S)Nc2cccc(C)c2)n1. The van der Waals surface area contributed by atoms with Gasteiger partial charge in [0.05, 0.1) is 22.8 Å². The van der Waals surface area contributed by atoms with Crippen molar-refractivity contribution in [1.29, 1.82) is 0 Å². The maximum absolute atomic E-state index is 5.33. The number of hydrogen-bond donors (Lipinski definition) is 4. The van der Waals surface area contributed by atoms with E-state index in [-0.39, 0.29) is 0 Å². The van der Waals surface area contributed by atoms with E-state index >= 15 is 0 Å². The Balaban J connectivity index is 1.59. The fourth-order valence-corrected chi connectivity index (χ4v) is 3.31. The van der Waals surface area contributed by atoms with Gasteiger partial charge in [0.25, 0.3) is 0 Å². The number of hydrogen-bond acceptors (Lipinski definition) is 5. The fourth-order valence-electron chi connectivity index (χ4n) is 2.99. The number of nitrogens with one attached hydrogen (secondary N) is 4. The number of nitrogens with zero attached hydrogens (tertiary/aromatic N) is 3. The minimum atomic E-state index is 0.401. The van der Waals surface area contributed by atoms with Crippen LogP contribution in [0.2, 0.25) is 0 Å². The van der Waals surface area contributed by atoms with Crippen molar-refractivity contribution < 1.29 is 0 Å². The first kappa shape index (κ1) is 24.9. The largest absolute Gasteiger partial charge is 0.331 e. The lowest BCUT2D eigenvalue weighted by atomic mass is 10.2.